The molecule has 0 bridgehead atoms. The van der Waals surface area contributed by atoms with Crippen molar-refractivity contribution < 1.29 is 29.3 Å². The molecule has 0 aliphatic rings. The molecule has 0 aliphatic heterocycles. The molecule has 6 heteroatoms. The summed E-state index contributed by atoms with van der Waals surface area (Å²) in [6.45, 7) is 9.30. The molecule has 0 spiro atoms. The highest BCUT2D eigenvalue weighted by atomic mass is 16.6. The summed E-state index contributed by atoms with van der Waals surface area (Å²) in [4.78, 5) is 22.0. The van der Waals surface area contributed by atoms with Crippen LogP contribution in [0, 0.1) is 0 Å². The Labute approximate surface area is 106 Å². The zero-order chi connectivity index (χ0) is 14.3. The summed E-state index contributed by atoms with van der Waals surface area (Å²) in [6, 6.07) is 0. The molecule has 0 heterocycles. The summed E-state index contributed by atoms with van der Waals surface area (Å²) in [5.74, 6) is -1.39. The van der Waals surface area contributed by atoms with E-state index in [1.165, 1.54) is 13.8 Å². The first kappa shape index (κ1) is 16.3. The Balaban J connectivity index is 3.97. The fourth-order valence-corrected chi connectivity index (χ4v) is 0.868. The summed E-state index contributed by atoms with van der Waals surface area (Å²) < 4.78 is 9.20. The number of aliphatic hydroxyl groups is 2. The van der Waals surface area contributed by atoms with Crippen LogP contribution in [0.15, 0.2) is 24.3 Å². The van der Waals surface area contributed by atoms with E-state index >= 15 is 0 Å². The lowest BCUT2D eigenvalue weighted by Gasteiger charge is -2.16. The van der Waals surface area contributed by atoms with E-state index in [0.29, 0.717) is 0 Å². The van der Waals surface area contributed by atoms with Crippen molar-refractivity contribution in [3.63, 3.8) is 0 Å². The molecule has 18 heavy (non-hydrogen) atoms. The molecule has 0 aromatic heterocycles. The highest BCUT2D eigenvalue weighted by molar-refractivity contribution is 5.87. The van der Waals surface area contributed by atoms with Crippen LogP contribution in [-0.4, -0.2) is 41.2 Å². The fourth-order valence-electron chi connectivity index (χ4n) is 0.868. The second-order valence-corrected chi connectivity index (χ2v) is 3.91. The Morgan fingerprint density at radius 1 is 1.11 bits per heavy atom. The molecule has 0 saturated heterocycles. The molecule has 0 aromatic rings. The lowest BCUT2D eigenvalue weighted by Crippen LogP contribution is -2.27. The van der Waals surface area contributed by atoms with E-state index < -0.39 is 24.3 Å². The van der Waals surface area contributed by atoms with Gasteiger partial charge in [-0.2, -0.15) is 0 Å². The number of hydrogen-bond acceptors (Lipinski definition) is 6. The van der Waals surface area contributed by atoms with Crippen LogP contribution in [0.1, 0.15) is 20.3 Å². The maximum Gasteiger partial charge on any atom is 0.335 e. The predicted octanol–water partition coefficient (Wildman–Crippen LogP) is 0.294. The van der Waals surface area contributed by atoms with Crippen LogP contribution in [0.4, 0.5) is 0 Å². The molecule has 0 aliphatic carbocycles. The van der Waals surface area contributed by atoms with E-state index in [1.807, 2.05) is 0 Å². The molecule has 0 rings (SSSR count). The first-order chi connectivity index (χ1) is 8.23. The largest absolute Gasteiger partial charge is 0.460 e. The molecule has 2 N–H and O–H groups in total. The molecule has 0 saturated carbocycles. The summed E-state index contributed by atoms with van der Waals surface area (Å²) in [6.07, 6.45) is -2.88. The van der Waals surface area contributed by atoms with Crippen molar-refractivity contribution in [1.82, 2.24) is 0 Å². The molecule has 0 amide bonds. The fraction of sp³-hybridized carbons (Fsp3) is 0.500. The van der Waals surface area contributed by atoms with Crippen molar-refractivity contribution in [2.75, 3.05) is 6.61 Å². The van der Waals surface area contributed by atoms with Gasteiger partial charge in [0.05, 0.1) is 6.10 Å². The standard InChI is InChI=1S/C12H18O6/c1-7(2)11(15)17-6-9(13)5-10(14)18-12(16)8(3)4/h9-10,13-14H,1,3,5-6H2,2,4H3. The van der Waals surface area contributed by atoms with Gasteiger partial charge in [-0.3, -0.25) is 0 Å². The van der Waals surface area contributed by atoms with Crippen LogP contribution >= 0.6 is 0 Å². The SMILES string of the molecule is C=C(C)C(=O)OCC(O)CC(O)OC(=O)C(=C)C. The molecular formula is C12H18O6. The minimum Gasteiger partial charge on any atom is -0.460 e. The molecular weight excluding hydrogens is 240 g/mol. The van der Waals surface area contributed by atoms with Gasteiger partial charge in [-0.1, -0.05) is 13.2 Å². The Hall–Kier alpha value is -1.66. The smallest absolute Gasteiger partial charge is 0.335 e. The lowest BCUT2D eigenvalue weighted by atomic mass is 10.2. The Morgan fingerprint density at radius 2 is 1.61 bits per heavy atom. The third-order valence-electron chi connectivity index (χ3n) is 1.82. The van der Waals surface area contributed by atoms with Gasteiger partial charge < -0.3 is 19.7 Å². The van der Waals surface area contributed by atoms with Gasteiger partial charge in [0.15, 0.2) is 0 Å². The molecule has 6 nitrogen and oxygen atoms in total. The number of carbonyl (C=O) groups excluding carboxylic acids is 2. The third kappa shape index (κ3) is 6.82. The molecule has 2 unspecified atom stereocenters. The van der Waals surface area contributed by atoms with E-state index in [0.717, 1.165) is 0 Å². The van der Waals surface area contributed by atoms with Crippen molar-refractivity contribution in [3.05, 3.63) is 24.3 Å². The third-order valence-corrected chi connectivity index (χ3v) is 1.82. The predicted molar refractivity (Wildman–Crippen MR) is 63.3 cm³/mol. The van der Waals surface area contributed by atoms with Crippen LogP contribution in [-0.2, 0) is 19.1 Å². The van der Waals surface area contributed by atoms with Crippen LogP contribution in [0.25, 0.3) is 0 Å². The van der Waals surface area contributed by atoms with Crippen LogP contribution in [0.5, 0.6) is 0 Å². The average molecular weight is 258 g/mol. The topological polar surface area (TPSA) is 93.1 Å². The Morgan fingerprint density at radius 3 is 2.06 bits per heavy atom. The number of ether oxygens (including phenoxy) is 2. The normalized spacial score (nSPS) is 13.3. The number of hydrogen-bond donors (Lipinski definition) is 2. The summed E-state index contributed by atoms with van der Waals surface area (Å²) in [7, 11) is 0. The van der Waals surface area contributed by atoms with Crippen molar-refractivity contribution in [2.24, 2.45) is 0 Å². The van der Waals surface area contributed by atoms with E-state index in [2.05, 4.69) is 22.6 Å². The average Bonchev–Trinajstić information content (AvgIpc) is 2.24. The van der Waals surface area contributed by atoms with Gasteiger partial charge in [0.25, 0.3) is 0 Å². The molecule has 0 fully saturated rings. The maximum absolute atomic E-state index is 11.0. The van der Waals surface area contributed by atoms with Gasteiger partial charge in [0, 0.05) is 17.6 Å². The summed E-state index contributed by atoms with van der Waals surface area (Å²) >= 11 is 0. The van der Waals surface area contributed by atoms with Crippen LogP contribution in [0.2, 0.25) is 0 Å². The van der Waals surface area contributed by atoms with Gasteiger partial charge in [0.1, 0.15) is 6.61 Å². The van der Waals surface area contributed by atoms with E-state index in [1.54, 1.807) is 0 Å². The van der Waals surface area contributed by atoms with Crippen LogP contribution < -0.4 is 0 Å². The highest BCUT2D eigenvalue weighted by Crippen LogP contribution is 2.05. The monoisotopic (exact) mass is 258 g/mol. The lowest BCUT2D eigenvalue weighted by molar-refractivity contribution is -0.169. The first-order valence-electron chi connectivity index (χ1n) is 5.29. The first-order valence-corrected chi connectivity index (χ1v) is 5.29. The maximum atomic E-state index is 11.0. The van der Waals surface area contributed by atoms with Gasteiger partial charge in [0.2, 0.25) is 6.29 Å². The summed E-state index contributed by atoms with van der Waals surface area (Å²) in [5.41, 5.74) is 0.341. The minimum absolute atomic E-state index is 0.136. The van der Waals surface area contributed by atoms with E-state index in [-0.39, 0.29) is 24.2 Å². The van der Waals surface area contributed by atoms with Crippen molar-refractivity contribution in [1.29, 1.82) is 0 Å². The molecule has 102 valence electrons. The Kier molecular flexibility index (Phi) is 6.92. The number of esters is 2. The zero-order valence-electron chi connectivity index (χ0n) is 10.5. The second-order valence-electron chi connectivity index (χ2n) is 3.91. The van der Waals surface area contributed by atoms with Crippen molar-refractivity contribution >= 4 is 11.9 Å². The van der Waals surface area contributed by atoms with Gasteiger partial charge in [-0.15, -0.1) is 0 Å². The number of carbonyl (C=O) groups is 2. The van der Waals surface area contributed by atoms with E-state index in [4.69, 9.17) is 0 Å². The molecule has 0 aromatic carbocycles. The molecule has 2 atom stereocenters. The number of aliphatic hydroxyl groups excluding tert-OH is 2. The van der Waals surface area contributed by atoms with E-state index in [9.17, 15) is 19.8 Å². The minimum atomic E-state index is -1.48. The zero-order valence-corrected chi connectivity index (χ0v) is 10.5. The second kappa shape index (κ2) is 7.62. The number of rotatable bonds is 7. The van der Waals surface area contributed by atoms with Gasteiger partial charge in [-0.05, 0) is 13.8 Å². The van der Waals surface area contributed by atoms with Crippen LogP contribution in [0.3, 0.4) is 0 Å². The van der Waals surface area contributed by atoms with Gasteiger partial charge in [-0.25, -0.2) is 9.59 Å². The molecule has 0 radical (unpaired) electrons. The van der Waals surface area contributed by atoms with Gasteiger partial charge >= 0.3 is 11.9 Å². The van der Waals surface area contributed by atoms with Crippen molar-refractivity contribution in [2.45, 2.75) is 32.7 Å². The quantitative estimate of drug-likeness (QED) is 0.387. The highest BCUT2D eigenvalue weighted by Gasteiger charge is 2.18. The summed E-state index contributed by atoms with van der Waals surface area (Å²) in [5, 5.41) is 18.7. The van der Waals surface area contributed by atoms with Crippen molar-refractivity contribution in [3.8, 4) is 0 Å². The Bertz CT molecular complexity index is 346.